The zero-order valence-corrected chi connectivity index (χ0v) is 17.2. The first-order valence-corrected chi connectivity index (χ1v) is 10.8. The predicted octanol–water partition coefficient (Wildman–Crippen LogP) is 5.70. The van der Waals surface area contributed by atoms with Gasteiger partial charge in [0.1, 0.15) is 0 Å². The smallest absolute Gasteiger partial charge is 0.226 e. The molecule has 5 fully saturated rings. The Morgan fingerprint density at radius 3 is 1.92 bits per heavy atom. The molecular weight excluding hydrogens is 306 g/mol. The van der Waals surface area contributed by atoms with Crippen LogP contribution in [0.25, 0.3) is 0 Å². The van der Waals surface area contributed by atoms with Gasteiger partial charge in [-0.1, -0.05) is 34.6 Å². The fourth-order valence-corrected chi connectivity index (χ4v) is 8.14. The van der Waals surface area contributed by atoms with Crippen LogP contribution in [-0.2, 0) is 4.79 Å². The number of hydrogen-bond donors (Lipinski definition) is 1. The molecule has 1 amide bonds. The molecule has 0 radical (unpaired) electrons. The van der Waals surface area contributed by atoms with Gasteiger partial charge in [0.25, 0.3) is 0 Å². The van der Waals surface area contributed by atoms with E-state index < -0.39 is 0 Å². The molecule has 5 aliphatic carbocycles. The van der Waals surface area contributed by atoms with Gasteiger partial charge >= 0.3 is 0 Å². The summed E-state index contributed by atoms with van der Waals surface area (Å²) in [6.07, 6.45) is 12.5. The van der Waals surface area contributed by atoms with Gasteiger partial charge in [0.05, 0.1) is 5.41 Å². The summed E-state index contributed by atoms with van der Waals surface area (Å²) in [6.45, 7) is 12.0. The van der Waals surface area contributed by atoms with E-state index in [4.69, 9.17) is 0 Å². The van der Waals surface area contributed by atoms with Crippen molar-refractivity contribution in [3.8, 4) is 0 Å². The second-order valence-corrected chi connectivity index (χ2v) is 12.3. The molecule has 0 aromatic carbocycles. The first-order valence-electron chi connectivity index (χ1n) is 10.8. The van der Waals surface area contributed by atoms with Gasteiger partial charge in [-0.3, -0.25) is 4.79 Å². The van der Waals surface area contributed by atoms with E-state index in [0.717, 1.165) is 24.7 Å². The molecule has 4 bridgehead atoms. The molecule has 0 aromatic heterocycles. The maximum Gasteiger partial charge on any atom is 0.226 e. The Kier molecular flexibility index (Phi) is 3.92. The minimum Gasteiger partial charge on any atom is -0.353 e. The third kappa shape index (κ3) is 3.16. The van der Waals surface area contributed by atoms with Crippen molar-refractivity contribution in [2.45, 2.75) is 105 Å². The van der Waals surface area contributed by atoms with Crippen molar-refractivity contribution in [2.24, 2.45) is 33.5 Å². The van der Waals surface area contributed by atoms with E-state index in [0.29, 0.717) is 28.2 Å². The number of rotatable bonds is 2. The third-order valence-electron chi connectivity index (χ3n) is 8.40. The van der Waals surface area contributed by atoms with Crippen molar-refractivity contribution < 1.29 is 4.79 Å². The number of carbonyl (C=O) groups excluding carboxylic acids is 1. The predicted molar refractivity (Wildman–Crippen MR) is 103 cm³/mol. The molecule has 1 N–H and O–H groups in total. The Bertz CT molecular complexity index is 533. The van der Waals surface area contributed by atoms with Crippen LogP contribution in [0.1, 0.15) is 98.8 Å². The van der Waals surface area contributed by atoms with Crippen molar-refractivity contribution in [3.05, 3.63) is 0 Å². The van der Waals surface area contributed by atoms with Gasteiger partial charge in [-0.15, -0.1) is 0 Å². The standard InChI is InChI=1S/C23H39NO/c1-20(2,3)17-6-8-18(9-7-17)24-19(25)23-12-16-10-21(4,14-23)13-22(5,11-16)15-23/h16-18H,6-15H2,1-5H3,(H,24,25). The van der Waals surface area contributed by atoms with Crippen LogP contribution in [0.3, 0.4) is 0 Å². The highest BCUT2D eigenvalue weighted by Crippen LogP contribution is 2.69. The van der Waals surface area contributed by atoms with E-state index in [1.54, 1.807) is 0 Å². The quantitative estimate of drug-likeness (QED) is 0.683. The zero-order chi connectivity index (χ0) is 18.1. The van der Waals surface area contributed by atoms with Crippen molar-refractivity contribution in [1.29, 1.82) is 0 Å². The molecule has 0 spiro atoms. The van der Waals surface area contributed by atoms with Crippen LogP contribution in [0.5, 0.6) is 0 Å². The molecule has 5 saturated carbocycles. The van der Waals surface area contributed by atoms with Crippen LogP contribution in [0, 0.1) is 33.5 Å². The molecule has 2 atom stereocenters. The summed E-state index contributed by atoms with van der Waals surface area (Å²) in [5.74, 6) is 2.04. The number of amides is 1. The van der Waals surface area contributed by atoms with Crippen molar-refractivity contribution in [1.82, 2.24) is 5.32 Å². The summed E-state index contributed by atoms with van der Waals surface area (Å²) in [4.78, 5) is 13.4. The molecule has 0 aromatic rings. The molecule has 142 valence electrons. The molecule has 0 heterocycles. The largest absolute Gasteiger partial charge is 0.353 e. The SMILES string of the molecule is CC12CC3CC(C)(C1)CC(C(=O)NC1CCC(C(C)(C)C)CC1)(C3)C2. The molecule has 25 heavy (non-hydrogen) atoms. The Morgan fingerprint density at radius 1 is 0.880 bits per heavy atom. The van der Waals surface area contributed by atoms with Crippen molar-refractivity contribution >= 4 is 5.91 Å². The number of carbonyl (C=O) groups is 1. The highest BCUT2D eigenvalue weighted by atomic mass is 16.2. The third-order valence-corrected chi connectivity index (χ3v) is 8.40. The summed E-state index contributed by atoms with van der Waals surface area (Å²) in [5.41, 5.74) is 1.23. The fourth-order valence-electron chi connectivity index (χ4n) is 8.14. The molecule has 0 aliphatic heterocycles. The summed E-state index contributed by atoms with van der Waals surface area (Å²) in [5, 5.41) is 3.54. The first-order chi connectivity index (χ1) is 11.5. The van der Waals surface area contributed by atoms with E-state index in [2.05, 4.69) is 39.9 Å². The Hall–Kier alpha value is -0.530. The van der Waals surface area contributed by atoms with Crippen LogP contribution in [0.4, 0.5) is 0 Å². The Morgan fingerprint density at radius 2 is 1.44 bits per heavy atom. The molecule has 0 saturated heterocycles. The molecular formula is C23H39NO. The van der Waals surface area contributed by atoms with Gasteiger partial charge < -0.3 is 5.32 Å². The van der Waals surface area contributed by atoms with E-state index in [9.17, 15) is 4.79 Å². The lowest BCUT2D eigenvalue weighted by Gasteiger charge is -2.64. The zero-order valence-electron chi connectivity index (χ0n) is 17.2. The summed E-state index contributed by atoms with van der Waals surface area (Å²) in [6, 6.07) is 0.430. The van der Waals surface area contributed by atoms with E-state index in [1.807, 2.05) is 0 Å². The van der Waals surface area contributed by atoms with Gasteiger partial charge in [0.15, 0.2) is 0 Å². The molecule has 2 unspecified atom stereocenters. The summed E-state index contributed by atoms with van der Waals surface area (Å²) >= 11 is 0. The second-order valence-electron chi connectivity index (χ2n) is 12.3. The summed E-state index contributed by atoms with van der Waals surface area (Å²) in [7, 11) is 0. The Balaban J connectivity index is 1.42. The first kappa shape index (κ1) is 17.9. The maximum absolute atomic E-state index is 13.4. The topological polar surface area (TPSA) is 29.1 Å². The maximum atomic E-state index is 13.4. The van der Waals surface area contributed by atoms with Gasteiger partial charge in [0.2, 0.25) is 5.91 Å². The van der Waals surface area contributed by atoms with Gasteiger partial charge in [-0.05, 0) is 92.3 Å². The lowest BCUT2D eigenvalue weighted by atomic mass is 9.40. The Labute approximate surface area is 154 Å². The van der Waals surface area contributed by atoms with Crippen LogP contribution in [0.2, 0.25) is 0 Å². The van der Waals surface area contributed by atoms with Crippen LogP contribution in [-0.4, -0.2) is 11.9 Å². The average Bonchev–Trinajstić information content (AvgIpc) is 2.43. The van der Waals surface area contributed by atoms with Gasteiger partial charge in [-0.2, -0.15) is 0 Å². The fraction of sp³-hybridized carbons (Fsp3) is 0.957. The van der Waals surface area contributed by atoms with Crippen molar-refractivity contribution in [2.75, 3.05) is 0 Å². The molecule has 2 nitrogen and oxygen atoms in total. The lowest BCUT2D eigenvalue weighted by Crippen LogP contribution is -2.60. The van der Waals surface area contributed by atoms with E-state index in [1.165, 1.54) is 51.4 Å². The number of nitrogens with one attached hydrogen (secondary N) is 1. The van der Waals surface area contributed by atoms with Gasteiger partial charge in [0, 0.05) is 6.04 Å². The minimum atomic E-state index is -0.0379. The normalized spacial score (nSPS) is 49.2. The molecule has 5 aliphatic rings. The minimum absolute atomic E-state index is 0.0379. The molecule has 2 heteroatoms. The van der Waals surface area contributed by atoms with E-state index >= 15 is 0 Å². The monoisotopic (exact) mass is 345 g/mol. The van der Waals surface area contributed by atoms with Crippen LogP contribution in [0.15, 0.2) is 0 Å². The molecule has 5 rings (SSSR count). The van der Waals surface area contributed by atoms with Crippen molar-refractivity contribution in [3.63, 3.8) is 0 Å². The van der Waals surface area contributed by atoms with E-state index in [-0.39, 0.29) is 5.41 Å². The second kappa shape index (κ2) is 5.49. The van der Waals surface area contributed by atoms with Crippen LogP contribution < -0.4 is 5.32 Å². The lowest BCUT2D eigenvalue weighted by molar-refractivity contribution is -0.171. The van der Waals surface area contributed by atoms with Gasteiger partial charge in [-0.25, -0.2) is 0 Å². The van der Waals surface area contributed by atoms with Crippen LogP contribution >= 0.6 is 0 Å². The number of hydrogen-bond acceptors (Lipinski definition) is 1. The summed E-state index contributed by atoms with van der Waals surface area (Å²) < 4.78 is 0. The average molecular weight is 346 g/mol. The highest BCUT2D eigenvalue weighted by molar-refractivity contribution is 5.83. The highest BCUT2D eigenvalue weighted by Gasteiger charge is 2.62.